The zero-order valence-electron chi connectivity index (χ0n) is 25.8. The molecule has 0 saturated carbocycles. The molecule has 0 aliphatic rings. The first kappa shape index (κ1) is 38.1. The monoisotopic (exact) mass is 526 g/mol. The number of hydrogen-bond donors (Lipinski definition) is 1. The van der Waals surface area contributed by atoms with Crippen LogP contribution in [0.2, 0.25) is 0 Å². The highest BCUT2D eigenvalue weighted by Gasteiger charge is 2.09. The third-order valence-electron chi connectivity index (χ3n) is 7.18. The van der Waals surface area contributed by atoms with E-state index in [0.717, 1.165) is 31.6 Å². The lowest BCUT2D eigenvalue weighted by Crippen LogP contribution is -2.13. The summed E-state index contributed by atoms with van der Waals surface area (Å²) in [5, 5.41) is 8.32. The molecule has 1 unspecified atom stereocenters. The van der Waals surface area contributed by atoms with E-state index in [-0.39, 0.29) is 5.97 Å². The normalized spacial score (nSPS) is 11.7. The lowest BCUT2D eigenvalue weighted by Gasteiger charge is -2.14. The first-order chi connectivity index (χ1) is 17.9. The van der Waals surface area contributed by atoms with E-state index in [0.29, 0.717) is 25.4 Å². The molecule has 0 radical (unpaired) electrons. The Morgan fingerprint density at radius 1 is 0.595 bits per heavy atom. The van der Waals surface area contributed by atoms with Crippen LogP contribution in [0.5, 0.6) is 0 Å². The Morgan fingerprint density at radius 3 is 1.51 bits per heavy atom. The van der Waals surface area contributed by atoms with E-state index in [1.165, 1.54) is 109 Å². The van der Waals surface area contributed by atoms with Crippen LogP contribution in [0.25, 0.3) is 0 Å². The van der Waals surface area contributed by atoms with Gasteiger partial charge in [0.1, 0.15) is 0 Å². The van der Waals surface area contributed by atoms with Crippen molar-refractivity contribution >= 4 is 11.9 Å². The average Bonchev–Trinajstić information content (AvgIpc) is 2.86. The second kappa shape index (κ2) is 31.2. The van der Waals surface area contributed by atoms with Crippen molar-refractivity contribution in [2.75, 3.05) is 6.61 Å². The van der Waals surface area contributed by atoms with Crippen molar-refractivity contribution in [3.8, 4) is 0 Å². The summed E-state index contributed by atoms with van der Waals surface area (Å²) in [5.41, 5.74) is 0. The maximum atomic E-state index is 11.8. The molecule has 0 heterocycles. The van der Waals surface area contributed by atoms with Crippen LogP contribution in [-0.2, 0) is 14.3 Å². The van der Waals surface area contributed by atoms with E-state index in [2.05, 4.69) is 34.6 Å². The van der Waals surface area contributed by atoms with Gasteiger partial charge in [-0.15, -0.1) is 0 Å². The highest BCUT2D eigenvalue weighted by Crippen LogP contribution is 2.15. The molecular weight excluding hydrogens is 460 g/mol. The number of carbonyl (C=O) groups is 2. The Balaban J connectivity index is 0. The van der Waals surface area contributed by atoms with E-state index < -0.39 is 5.97 Å². The number of hydrogen-bond acceptors (Lipinski definition) is 3. The van der Waals surface area contributed by atoms with Crippen LogP contribution in [0.15, 0.2) is 0 Å². The summed E-state index contributed by atoms with van der Waals surface area (Å²) >= 11 is 0. The van der Waals surface area contributed by atoms with Gasteiger partial charge in [-0.1, -0.05) is 150 Å². The van der Waals surface area contributed by atoms with Gasteiger partial charge < -0.3 is 9.84 Å². The molecule has 0 aromatic carbocycles. The molecule has 4 heteroatoms. The standard InChI is InChI=1S/C24H48O2.C9H18O2/c1-4-7-9-10-11-12-13-14-15-16-17-18-19-21-24(25)26-22-23(6-3)20-8-5-2;1-8(2)6-4-3-5-7-9(10)11/h23H,4-22H2,1-3H3;8H,3-7H2,1-2H3,(H,10,11). The molecule has 222 valence electrons. The molecule has 1 atom stereocenters. The zero-order chi connectivity index (χ0) is 28.0. The number of ether oxygens (including phenoxy) is 1. The quantitative estimate of drug-likeness (QED) is 0.0899. The highest BCUT2D eigenvalue weighted by atomic mass is 16.5. The van der Waals surface area contributed by atoms with Crippen LogP contribution >= 0.6 is 0 Å². The van der Waals surface area contributed by atoms with Gasteiger partial charge in [-0.3, -0.25) is 9.59 Å². The lowest BCUT2D eigenvalue weighted by molar-refractivity contribution is -0.145. The molecule has 0 aliphatic carbocycles. The number of carboxylic acid groups (broad SMARTS) is 1. The summed E-state index contributed by atoms with van der Waals surface area (Å²) < 4.78 is 5.46. The Bertz CT molecular complexity index is 475. The summed E-state index contributed by atoms with van der Waals surface area (Å²) in [6, 6.07) is 0. The smallest absolute Gasteiger partial charge is 0.305 e. The third kappa shape index (κ3) is 34.9. The fourth-order valence-electron chi connectivity index (χ4n) is 4.47. The highest BCUT2D eigenvalue weighted by molar-refractivity contribution is 5.69. The minimum absolute atomic E-state index is 0.0167. The van der Waals surface area contributed by atoms with E-state index >= 15 is 0 Å². The van der Waals surface area contributed by atoms with E-state index in [9.17, 15) is 9.59 Å². The molecule has 1 N–H and O–H groups in total. The molecule has 0 aromatic heterocycles. The van der Waals surface area contributed by atoms with Gasteiger partial charge in [0.15, 0.2) is 0 Å². The van der Waals surface area contributed by atoms with Crippen molar-refractivity contribution in [2.24, 2.45) is 11.8 Å². The van der Waals surface area contributed by atoms with Gasteiger partial charge in [0.05, 0.1) is 6.61 Å². The van der Waals surface area contributed by atoms with E-state index in [1.807, 2.05) is 0 Å². The summed E-state index contributed by atoms with van der Waals surface area (Å²) in [6.45, 7) is 11.7. The number of esters is 1. The Hall–Kier alpha value is -1.06. The van der Waals surface area contributed by atoms with Crippen molar-refractivity contribution < 1.29 is 19.4 Å². The molecule has 0 fully saturated rings. The fraction of sp³-hybridized carbons (Fsp3) is 0.939. The molecule has 0 spiro atoms. The van der Waals surface area contributed by atoms with Crippen LogP contribution in [0.1, 0.15) is 182 Å². The minimum atomic E-state index is -0.672. The van der Waals surface area contributed by atoms with Gasteiger partial charge in [-0.05, 0) is 31.1 Å². The third-order valence-corrected chi connectivity index (χ3v) is 7.18. The van der Waals surface area contributed by atoms with Crippen LogP contribution in [-0.4, -0.2) is 23.7 Å². The number of rotatable bonds is 26. The largest absolute Gasteiger partial charge is 0.481 e. The van der Waals surface area contributed by atoms with Crippen molar-refractivity contribution in [3.05, 3.63) is 0 Å². The number of carboxylic acids is 1. The maximum absolute atomic E-state index is 11.8. The lowest BCUT2D eigenvalue weighted by atomic mass is 10.0. The summed E-state index contributed by atoms with van der Waals surface area (Å²) in [7, 11) is 0. The minimum Gasteiger partial charge on any atom is -0.481 e. The molecule has 0 aromatic rings. The predicted octanol–water partition coefficient (Wildman–Crippen LogP) is 10.9. The fourth-order valence-corrected chi connectivity index (χ4v) is 4.47. The molecule has 37 heavy (non-hydrogen) atoms. The summed E-state index contributed by atoms with van der Waals surface area (Å²) in [5.74, 6) is 0.656. The molecule has 0 rings (SSSR count). The Morgan fingerprint density at radius 2 is 1.05 bits per heavy atom. The zero-order valence-corrected chi connectivity index (χ0v) is 25.8. The second-order valence-corrected chi connectivity index (χ2v) is 11.5. The first-order valence-corrected chi connectivity index (χ1v) is 16.2. The summed E-state index contributed by atoms with van der Waals surface area (Å²) in [6.07, 6.45) is 27.4. The van der Waals surface area contributed by atoms with Crippen molar-refractivity contribution in [1.82, 2.24) is 0 Å². The molecule has 0 aliphatic heterocycles. The maximum Gasteiger partial charge on any atom is 0.305 e. The molecule has 0 saturated heterocycles. The van der Waals surface area contributed by atoms with Crippen molar-refractivity contribution in [2.45, 2.75) is 182 Å². The second-order valence-electron chi connectivity index (χ2n) is 11.5. The van der Waals surface area contributed by atoms with Crippen LogP contribution in [0, 0.1) is 11.8 Å². The molecule has 4 nitrogen and oxygen atoms in total. The van der Waals surface area contributed by atoms with E-state index in [4.69, 9.17) is 9.84 Å². The molecule has 0 bridgehead atoms. The van der Waals surface area contributed by atoms with Gasteiger partial charge in [0, 0.05) is 12.8 Å². The number of unbranched alkanes of at least 4 members (excludes halogenated alkanes) is 15. The molecule has 0 amide bonds. The topological polar surface area (TPSA) is 63.6 Å². The van der Waals surface area contributed by atoms with Crippen LogP contribution in [0.3, 0.4) is 0 Å². The first-order valence-electron chi connectivity index (χ1n) is 16.2. The van der Waals surface area contributed by atoms with Gasteiger partial charge in [0.2, 0.25) is 0 Å². The van der Waals surface area contributed by atoms with Crippen LogP contribution in [0.4, 0.5) is 0 Å². The average molecular weight is 527 g/mol. The summed E-state index contributed by atoms with van der Waals surface area (Å²) in [4.78, 5) is 21.9. The van der Waals surface area contributed by atoms with Crippen LogP contribution < -0.4 is 0 Å². The van der Waals surface area contributed by atoms with Gasteiger partial charge in [-0.25, -0.2) is 0 Å². The number of carbonyl (C=O) groups excluding carboxylic acids is 1. The van der Waals surface area contributed by atoms with Crippen molar-refractivity contribution in [1.29, 1.82) is 0 Å². The molecular formula is C33H66O4. The Labute approximate surface area is 232 Å². The van der Waals surface area contributed by atoms with Gasteiger partial charge in [0.25, 0.3) is 0 Å². The predicted molar refractivity (Wildman–Crippen MR) is 160 cm³/mol. The SMILES string of the molecule is CC(C)CCCCCC(=O)O.CCCCCCCCCCCCCCCC(=O)OCC(CC)CCCC. The van der Waals surface area contributed by atoms with Gasteiger partial charge >= 0.3 is 11.9 Å². The number of aliphatic carboxylic acids is 1. The van der Waals surface area contributed by atoms with Gasteiger partial charge in [-0.2, -0.15) is 0 Å². The van der Waals surface area contributed by atoms with Crippen molar-refractivity contribution in [3.63, 3.8) is 0 Å². The Kier molecular flexibility index (Phi) is 32.1. The van der Waals surface area contributed by atoms with E-state index in [1.54, 1.807) is 0 Å².